The Morgan fingerprint density at radius 2 is 1.89 bits per heavy atom. The number of rotatable bonds is 8. The molecule has 10 heteroatoms. The monoisotopic (exact) mass is 517 g/mol. The van der Waals surface area contributed by atoms with Gasteiger partial charge in [0.15, 0.2) is 0 Å². The topological polar surface area (TPSA) is 118 Å². The molecule has 198 valence electrons. The molecule has 38 heavy (non-hydrogen) atoms. The van der Waals surface area contributed by atoms with Crippen molar-refractivity contribution in [2.45, 2.75) is 52.5 Å². The largest absolute Gasteiger partial charge is 0.305 e. The Hall–Kier alpha value is -4.21. The average molecular weight is 518 g/mol. The lowest BCUT2D eigenvalue weighted by molar-refractivity contribution is -0.110. The molecule has 0 atom stereocenters. The fourth-order valence-electron chi connectivity index (χ4n) is 4.86. The first-order valence-corrected chi connectivity index (χ1v) is 12.6. The van der Waals surface area contributed by atoms with Crippen LogP contribution in [0.2, 0.25) is 0 Å². The summed E-state index contributed by atoms with van der Waals surface area (Å²) >= 11 is 0. The number of allylic oxidation sites excluding steroid dienone is 2. The van der Waals surface area contributed by atoms with Gasteiger partial charge in [-0.1, -0.05) is 31.9 Å². The van der Waals surface area contributed by atoms with Gasteiger partial charge in [0.2, 0.25) is 5.95 Å². The second-order valence-electron chi connectivity index (χ2n) is 9.68. The van der Waals surface area contributed by atoms with Gasteiger partial charge in [0, 0.05) is 28.9 Å². The van der Waals surface area contributed by atoms with E-state index >= 15 is 0 Å². The molecule has 0 saturated heterocycles. The van der Waals surface area contributed by atoms with Gasteiger partial charge in [0.1, 0.15) is 17.2 Å². The number of aliphatic imine (C=N–C) groups is 1. The molecule has 4 rings (SSSR count). The zero-order valence-electron chi connectivity index (χ0n) is 21.9. The fraction of sp³-hybridized carbons (Fsp3) is 0.357. The SMILES string of the molecule is C=CC(C=C)n1nccc1C(=O)N=C(C(=O)Nc1ccc(-c2c(C)n[nH]c2C)c(F)n1)C1CCC(C)CC1. The van der Waals surface area contributed by atoms with E-state index in [1.807, 2.05) is 0 Å². The van der Waals surface area contributed by atoms with Crippen LogP contribution >= 0.6 is 0 Å². The van der Waals surface area contributed by atoms with Crippen LogP contribution < -0.4 is 5.32 Å². The van der Waals surface area contributed by atoms with Crippen molar-refractivity contribution < 1.29 is 14.0 Å². The second kappa shape index (κ2) is 11.5. The number of nitrogens with zero attached hydrogens (tertiary/aromatic N) is 5. The molecule has 2 amide bonds. The van der Waals surface area contributed by atoms with Gasteiger partial charge in [-0.05, 0) is 50.8 Å². The summed E-state index contributed by atoms with van der Waals surface area (Å²) in [5.74, 6) is -1.56. The number of aryl methyl sites for hydroxylation is 2. The summed E-state index contributed by atoms with van der Waals surface area (Å²) in [5, 5.41) is 13.8. The number of hydrogen-bond acceptors (Lipinski definition) is 5. The zero-order chi connectivity index (χ0) is 27.4. The molecular weight excluding hydrogens is 485 g/mol. The molecule has 9 nitrogen and oxygen atoms in total. The van der Waals surface area contributed by atoms with Gasteiger partial charge in [-0.3, -0.25) is 14.7 Å². The molecule has 1 aliphatic carbocycles. The fourth-order valence-corrected chi connectivity index (χ4v) is 4.86. The van der Waals surface area contributed by atoms with E-state index in [0.717, 1.165) is 25.7 Å². The van der Waals surface area contributed by atoms with E-state index in [0.29, 0.717) is 22.9 Å². The van der Waals surface area contributed by atoms with Crippen molar-refractivity contribution in [2.75, 3.05) is 5.32 Å². The van der Waals surface area contributed by atoms with Gasteiger partial charge in [-0.2, -0.15) is 14.6 Å². The first kappa shape index (κ1) is 26.8. The molecule has 1 aliphatic rings. The Morgan fingerprint density at radius 1 is 1.18 bits per heavy atom. The van der Waals surface area contributed by atoms with Gasteiger partial charge in [0.25, 0.3) is 11.8 Å². The van der Waals surface area contributed by atoms with E-state index in [1.165, 1.54) is 16.9 Å². The molecule has 0 aromatic carbocycles. The summed E-state index contributed by atoms with van der Waals surface area (Å²) in [6, 6.07) is 4.22. The quantitative estimate of drug-likeness (QED) is 0.236. The predicted molar refractivity (Wildman–Crippen MR) is 144 cm³/mol. The maximum Gasteiger partial charge on any atom is 0.295 e. The minimum absolute atomic E-state index is 0.0304. The summed E-state index contributed by atoms with van der Waals surface area (Å²) < 4.78 is 16.4. The van der Waals surface area contributed by atoms with Gasteiger partial charge in [-0.25, -0.2) is 14.7 Å². The number of nitrogens with one attached hydrogen (secondary N) is 2. The molecule has 3 heterocycles. The molecule has 0 bridgehead atoms. The summed E-state index contributed by atoms with van der Waals surface area (Å²) in [6.45, 7) is 13.3. The molecule has 1 saturated carbocycles. The number of aromatic nitrogens is 5. The van der Waals surface area contributed by atoms with Crippen LogP contribution in [0.3, 0.4) is 0 Å². The van der Waals surface area contributed by atoms with Crippen LogP contribution in [0, 0.1) is 31.6 Å². The van der Waals surface area contributed by atoms with Crippen LogP contribution in [0.25, 0.3) is 11.1 Å². The summed E-state index contributed by atoms with van der Waals surface area (Å²) in [7, 11) is 0. The minimum Gasteiger partial charge on any atom is -0.305 e. The first-order chi connectivity index (χ1) is 18.2. The van der Waals surface area contributed by atoms with Crippen LogP contribution in [0.15, 0.2) is 54.7 Å². The summed E-state index contributed by atoms with van der Waals surface area (Å²) in [4.78, 5) is 34.9. The lowest BCUT2D eigenvalue weighted by Crippen LogP contribution is -2.33. The van der Waals surface area contributed by atoms with E-state index in [-0.39, 0.29) is 28.7 Å². The molecule has 0 spiro atoms. The summed E-state index contributed by atoms with van der Waals surface area (Å²) in [6.07, 6.45) is 7.98. The van der Waals surface area contributed by atoms with Crippen molar-refractivity contribution in [3.8, 4) is 11.1 Å². The Kier molecular flexibility index (Phi) is 8.09. The third kappa shape index (κ3) is 5.53. The Bertz CT molecular complexity index is 1370. The predicted octanol–water partition coefficient (Wildman–Crippen LogP) is 5.38. The van der Waals surface area contributed by atoms with Crippen LogP contribution in [0.5, 0.6) is 0 Å². The molecule has 1 fully saturated rings. The number of anilines is 1. The lowest BCUT2D eigenvalue weighted by Gasteiger charge is -2.26. The molecule has 3 aromatic rings. The normalized spacial score (nSPS) is 17.9. The van der Waals surface area contributed by atoms with Crippen LogP contribution in [-0.4, -0.2) is 42.5 Å². The number of halogens is 1. The van der Waals surface area contributed by atoms with Gasteiger partial charge >= 0.3 is 0 Å². The molecule has 0 unspecified atom stereocenters. The molecule has 0 aliphatic heterocycles. The highest BCUT2D eigenvalue weighted by molar-refractivity contribution is 6.45. The standard InChI is InChI=1S/C28H32FN7O2/c1-6-20(7-2)36-22(14-15-30-36)27(37)33-25(19-10-8-16(3)9-11-19)28(38)32-23-13-12-21(26(29)31-23)24-17(4)34-35-18(24)5/h6-7,12-16,19-20H,1-2,8-11H2,3-5H3,(H,34,35)(H,31,32,38). The highest BCUT2D eigenvalue weighted by Crippen LogP contribution is 2.31. The average Bonchev–Trinajstić information content (AvgIpc) is 3.51. The van der Waals surface area contributed by atoms with Crippen molar-refractivity contribution in [3.05, 3.63) is 72.7 Å². The lowest BCUT2D eigenvalue weighted by atomic mass is 9.80. The third-order valence-electron chi connectivity index (χ3n) is 7.00. The van der Waals surface area contributed by atoms with Crippen molar-refractivity contribution in [1.29, 1.82) is 0 Å². The third-order valence-corrected chi connectivity index (χ3v) is 7.00. The zero-order valence-corrected chi connectivity index (χ0v) is 21.9. The minimum atomic E-state index is -0.736. The number of aromatic amines is 1. The van der Waals surface area contributed by atoms with Crippen molar-refractivity contribution in [1.82, 2.24) is 25.0 Å². The van der Waals surface area contributed by atoms with Gasteiger partial charge < -0.3 is 5.32 Å². The first-order valence-electron chi connectivity index (χ1n) is 12.6. The molecule has 0 radical (unpaired) electrons. The van der Waals surface area contributed by atoms with Crippen LogP contribution in [-0.2, 0) is 4.79 Å². The summed E-state index contributed by atoms with van der Waals surface area (Å²) in [5.41, 5.74) is 2.60. The number of carbonyl (C=O) groups excluding carboxylic acids is 2. The van der Waals surface area contributed by atoms with Crippen molar-refractivity contribution >= 4 is 23.3 Å². The van der Waals surface area contributed by atoms with Gasteiger partial charge in [0.05, 0.1) is 11.7 Å². The Balaban J connectivity index is 1.63. The highest BCUT2D eigenvalue weighted by Gasteiger charge is 2.29. The van der Waals surface area contributed by atoms with E-state index in [9.17, 15) is 14.0 Å². The van der Waals surface area contributed by atoms with Crippen molar-refractivity contribution in [2.24, 2.45) is 16.8 Å². The van der Waals surface area contributed by atoms with E-state index in [1.54, 1.807) is 38.1 Å². The highest BCUT2D eigenvalue weighted by atomic mass is 19.1. The van der Waals surface area contributed by atoms with E-state index in [4.69, 9.17) is 0 Å². The maximum absolute atomic E-state index is 15.0. The van der Waals surface area contributed by atoms with E-state index in [2.05, 4.69) is 50.7 Å². The van der Waals surface area contributed by atoms with Crippen molar-refractivity contribution in [3.63, 3.8) is 0 Å². The Labute approximate surface area is 221 Å². The van der Waals surface area contributed by atoms with Crippen LogP contribution in [0.1, 0.15) is 60.5 Å². The smallest absolute Gasteiger partial charge is 0.295 e. The molecule has 3 aromatic heterocycles. The molecule has 2 N–H and O–H groups in total. The number of hydrogen-bond donors (Lipinski definition) is 2. The van der Waals surface area contributed by atoms with Crippen LogP contribution in [0.4, 0.5) is 10.2 Å². The maximum atomic E-state index is 15.0. The number of H-pyrrole nitrogens is 1. The number of pyridine rings is 1. The second-order valence-corrected chi connectivity index (χ2v) is 9.68. The van der Waals surface area contributed by atoms with Gasteiger partial charge in [-0.15, -0.1) is 13.2 Å². The van der Waals surface area contributed by atoms with E-state index < -0.39 is 23.8 Å². The number of carbonyl (C=O) groups is 2. The Morgan fingerprint density at radius 3 is 2.50 bits per heavy atom. The molecular formula is C28H32FN7O2. The number of amides is 2.